The summed E-state index contributed by atoms with van der Waals surface area (Å²) in [4.78, 5) is 10.3. The van der Waals surface area contributed by atoms with Crippen LogP contribution >= 0.6 is 0 Å². The van der Waals surface area contributed by atoms with Crippen LogP contribution in [0.15, 0.2) is 11.9 Å². The third-order valence-electron chi connectivity index (χ3n) is 1.30. The van der Waals surface area contributed by atoms with Crippen molar-refractivity contribution in [2.45, 2.75) is 0 Å². The van der Waals surface area contributed by atoms with Crippen LogP contribution in [0.1, 0.15) is 5.69 Å². The summed E-state index contributed by atoms with van der Waals surface area (Å²) in [7, 11) is 1.65. The van der Waals surface area contributed by atoms with Crippen LogP contribution in [-0.4, -0.2) is 26.1 Å². The molecule has 0 fully saturated rings. The lowest BCUT2D eigenvalue weighted by atomic mass is 10.3. The van der Waals surface area contributed by atoms with E-state index in [1.807, 2.05) is 0 Å². The Labute approximate surface area is 68.3 Å². The summed E-state index contributed by atoms with van der Waals surface area (Å²) in [5.74, 6) is -1.16. The maximum absolute atomic E-state index is 10.3. The van der Waals surface area contributed by atoms with Gasteiger partial charge < -0.3 is 10.8 Å². The second kappa shape index (κ2) is 3.04. The van der Waals surface area contributed by atoms with E-state index < -0.39 is 5.97 Å². The number of aliphatic carboxylic acids is 1. The van der Waals surface area contributed by atoms with E-state index in [4.69, 9.17) is 10.8 Å². The Morgan fingerprint density at radius 2 is 2.50 bits per heavy atom. The van der Waals surface area contributed by atoms with Crippen molar-refractivity contribution in [3.05, 3.63) is 17.6 Å². The quantitative estimate of drug-likeness (QED) is 0.564. The van der Waals surface area contributed by atoms with Crippen molar-refractivity contribution in [2.24, 2.45) is 12.8 Å². The van der Waals surface area contributed by atoms with Crippen LogP contribution in [0.2, 0.25) is 0 Å². The Morgan fingerprint density at radius 3 is 2.92 bits per heavy atom. The fraction of sp³-hybridized carbons (Fsp3) is 0.167. The zero-order chi connectivity index (χ0) is 9.14. The van der Waals surface area contributed by atoms with E-state index in [2.05, 4.69) is 10.3 Å². The third kappa shape index (κ3) is 1.60. The van der Waals surface area contributed by atoms with Gasteiger partial charge in [-0.1, -0.05) is 5.21 Å². The standard InChI is InChI=1S/C6H8N4O2/c1-10-4(3-8-9-10)2-5(7)6(11)12/h2-3H,7H2,1H3,(H,11,12)/b5-2+. The lowest BCUT2D eigenvalue weighted by molar-refractivity contribution is -0.132. The van der Waals surface area contributed by atoms with E-state index in [1.165, 1.54) is 17.0 Å². The number of aryl methyl sites for hydroxylation is 1. The highest BCUT2D eigenvalue weighted by Crippen LogP contribution is 1.99. The largest absolute Gasteiger partial charge is 0.477 e. The van der Waals surface area contributed by atoms with Crippen molar-refractivity contribution in [3.63, 3.8) is 0 Å². The molecular formula is C6H8N4O2. The Bertz CT molecular complexity index is 328. The Balaban J connectivity index is 2.95. The molecule has 0 spiro atoms. The minimum absolute atomic E-state index is 0.236. The van der Waals surface area contributed by atoms with Crippen LogP contribution in [0.3, 0.4) is 0 Å². The molecular weight excluding hydrogens is 160 g/mol. The number of nitrogens with zero attached hydrogens (tertiary/aromatic N) is 3. The van der Waals surface area contributed by atoms with Crippen LogP contribution < -0.4 is 5.73 Å². The minimum atomic E-state index is -1.16. The molecule has 1 aromatic heterocycles. The fourth-order valence-electron chi connectivity index (χ4n) is 0.649. The summed E-state index contributed by atoms with van der Waals surface area (Å²) in [6.07, 6.45) is 2.72. The van der Waals surface area contributed by atoms with Crippen molar-refractivity contribution in [2.75, 3.05) is 0 Å². The van der Waals surface area contributed by atoms with Gasteiger partial charge in [0, 0.05) is 7.05 Å². The van der Waals surface area contributed by atoms with Crippen LogP contribution in [0.25, 0.3) is 6.08 Å². The van der Waals surface area contributed by atoms with E-state index in [1.54, 1.807) is 7.05 Å². The number of hydrogen-bond acceptors (Lipinski definition) is 4. The maximum atomic E-state index is 10.3. The van der Waals surface area contributed by atoms with Crippen LogP contribution in [0.4, 0.5) is 0 Å². The molecule has 0 unspecified atom stereocenters. The monoisotopic (exact) mass is 168 g/mol. The summed E-state index contributed by atoms with van der Waals surface area (Å²) in [5.41, 5.74) is 5.48. The molecule has 1 heterocycles. The number of hydrogen-bond donors (Lipinski definition) is 2. The molecule has 3 N–H and O–H groups in total. The average molecular weight is 168 g/mol. The molecule has 0 saturated heterocycles. The highest BCUT2D eigenvalue weighted by molar-refractivity contribution is 5.90. The van der Waals surface area contributed by atoms with E-state index in [0.29, 0.717) is 5.69 Å². The van der Waals surface area contributed by atoms with Crippen LogP contribution in [0, 0.1) is 0 Å². The number of aromatic nitrogens is 3. The molecule has 1 rings (SSSR count). The van der Waals surface area contributed by atoms with Gasteiger partial charge in [-0.25, -0.2) is 9.48 Å². The molecule has 12 heavy (non-hydrogen) atoms. The lowest BCUT2D eigenvalue weighted by Gasteiger charge is -1.93. The predicted molar refractivity (Wildman–Crippen MR) is 40.8 cm³/mol. The molecule has 0 aliphatic heterocycles. The first-order valence-corrected chi connectivity index (χ1v) is 3.16. The second-order valence-electron chi connectivity index (χ2n) is 2.19. The van der Waals surface area contributed by atoms with Gasteiger partial charge in [0.1, 0.15) is 5.70 Å². The molecule has 0 saturated carbocycles. The zero-order valence-electron chi connectivity index (χ0n) is 6.43. The molecule has 6 heteroatoms. The van der Waals surface area contributed by atoms with E-state index in [-0.39, 0.29) is 5.70 Å². The molecule has 6 nitrogen and oxygen atoms in total. The summed E-state index contributed by atoms with van der Waals surface area (Å²) in [6, 6.07) is 0. The van der Waals surface area contributed by atoms with Gasteiger partial charge >= 0.3 is 5.97 Å². The van der Waals surface area contributed by atoms with Gasteiger partial charge in [0.2, 0.25) is 0 Å². The molecule has 0 bridgehead atoms. The third-order valence-corrected chi connectivity index (χ3v) is 1.30. The zero-order valence-corrected chi connectivity index (χ0v) is 6.43. The molecule has 0 aliphatic carbocycles. The number of carboxylic acid groups (broad SMARTS) is 1. The summed E-state index contributed by atoms with van der Waals surface area (Å²) in [5, 5.41) is 15.6. The van der Waals surface area contributed by atoms with E-state index in [0.717, 1.165) is 0 Å². The second-order valence-corrected chi connectivity index (χ2v) is 2.19. The summed E-state index contributed by atoms with van der Waals surface area (Å²) >= 11 is 0. The highest BCUT2D eigenvalue weighted by Gasteiger charge is 2.02. The predicted octanol–water partition coefficient (Wildman–Crippen LogP) is -0.801. The summed E-state index contributed by atoms with van der Waals surface area (Å²) in [6.45, 7) is 0. The van der Waals surface area contributed by atoms with Crippen molar-refractivity contribution in [1.29, 1.82) is 0 Å². The van der Waals surface area contributed by atoms with Crippen molar-refractivity contribution < 1.29 is 9.90 Å². The first-order valence-electron chi connectivity index (χ1n) is 3.16. The molecule has 0 amide bonds. The number of carboxylic acids is 1. The smallest absolute Gasteiger partial charge is 0.351 e. The summed E-state index contributed by atoms with van der Waals surface area (Å²) < 4.78 is 1.43. The van der Waals surface area contributed by atoms with Gasteiger partial charge in [0.05, 0.1) is 11.9 Å². The van der Waals surface area contributed by atoms with Crippen LogP contribution in [-0.2, 0) is 11.8 Å². The minimum Gasteiger partial charge on any atom is -0.477 e. The molecule has 0 aliphatic rings. The first kappa shape index (κ1) is 8.25. The van der Waals surface area contributed by atoms with Crippen molar-refractivity contribution in [1.82, 2.24) is 15.0 Å². The van der Waals surface area contributed by atoms with Crippen molar-refractivity contribution in [3.8, 4) is 0 Å². The fourth-order valence-corrected chi connectivity index (χ4v) is 0.649. The maximum Gasteiger partial charge on any atom is 0.351 e. The Hall–Kier alpha value is -1.85. The number of rotatable bonds is 2. The Kier molecular flexibility index (Phi) is 2.09. The normalized spacial score (nSPS) is 11.6. The van der Waals surface area contributed by atoms with Gasteiger partial charge in [-0.05, 0) is 6.08 Å². The van der Waals surface area contributed by atoms with E-state index >= 15 is 0 Å². The molecule has 0 atom stereocenters. The van der Waals surface area contributed by atoms with Gasteiger partial charge in [-0.15, -0.1) is 5.10 Å². The molecule has 0 radical (unpaired) electrons. The molecule has 64 valence electrons. The lowest BCUT2D eigenvalue weighted by Crippen LogP contribution is -2.10. The van der Waals surface area contributed by atoms with Crippen LogP contribution in [0.5, 0.6) is 0 Å². The van der Waals surface area contributed by atoms with Gasteiger partial charge in [-0.3, -0.25) is 0 Å². The molecule has 0 aromatic carbocycles. The average Bonchev–Trinajstić information content (AvgIpc) is 2.36. The number of carbonyl (C=O) groups is 1. The highest BCUT2D eigenvalue weighted by atomic mass is 16.4. The van der Waals surface area contributed by atoms with Gasteiger partial charge in [0.15, 0.2) is 0 Å². The number of nitrogens with two attached hydrogens (primary N) is 1. The van der Waals surface area contributed by atoms with Gasteiger partial charge in [-0.2, -0.15) is 0 Å². The first-order chi connectivity index (χ1) is 5.61. The van der Waals surface area contributed by atoms with Gasteiger partial charge in [0.25, 0.3) is 0 Å². The SMILES string of the molecule is Cn1nncc1/C=C(/N)C(=O)O. The topological polar surface area (TPSA) is 94.0 Å². The Morgan fingerprint density at radius 1 is 1.83 bits per heavy atom. The van der Waals surface area contributed by atoms with E-state index in [9.17, 15) is 4.79 Å². The van der Waals surface area contributed by atoms with Crippen molar-refractivity contribution >= 4 is 12.0 Å². The molecule has 1 aromatic rings.